The summed E-state index contributed by atoms with van der Waals surface area (Å²) >= 11 is 0. The van der Waals surface area contributed by atoms with Crippen molar-refractivity contribution in [1.82, 2.24) is 5.32 Å². The first kappa shape index (κ1) is 16.3. The lowest BCUT2D eigenvalue weighted by molar-refractivity contribution is -0.104. The van der Waals surface area contributed by atoms with Crippen LogP contribution in [0.4, 0.5) is 0 Å². The SMILES string of the molecule is CCOC1(C(CC2CCCCC2)NC)CCCC(C)C1. The third-order valence-electron chi connectivity index (χ3n) is 5.70. The first-order valence-electron chi connectivity index (χ1n) is 9.01. The Hall–Kier alpha value is -0.0800. The lowest BCUT2D eigenvalue weighted by Gasteiger charge is -2.46. The third kappa shape index (κ3) is 3.98. The summed E-state index contributed by atoms with van der Waals surface area (Å²) < 4.78 is 6.37. The second-order valence-electron chi connectivity index (χ2n) is 7.28. The molecule has 0 bridgehead atoms. The molecule has 0 radical (unpaired) electrons. The first-order valence-corrected chi connectivity index (χ1v) is 9.01. The maximum Gasteiger partial charge on any atom is 0.0837 e. The number of hydrogen-bond acceptors (Lipinski definition) is 2. The maximum absolute atomic E-state index is 6.37. The van der Waals surface area contributed by atoms with Crippen molar-refractivity contribution in [2.75, 3.05) is 13.7 Å². The van der Waals surface area contributed by atoms with Gasteiger partial charge in [-0.1, -0.05) is 51.9 Å². The Labute approximate surface area is 126 Å². The smallest absolute Gasteiger partial charge is 0.0837 e. The van der Waals surface area contributed by atoms with Crippen LogP contribution in [0.2, 0.25) is 0 Å². The molecule has 0 aromatic heterocycles. The van der Waals surface area contributed by atoms with E-state index in [2.05, 4.69) is 26.2 Å². The lowest BCUT2D eigenvalue weighted by Crippen LogP contribution is -2.54. The third-order valence-corrected chi connectivity index (χ3v) is 5.70. The fourth-order valence-electron chi connectivity index (χ4n) is 4.73. The molecule has 2 aliphatic carbocycles. The molecular formula is C18H35NO. The van der Waals surface area contributed by atoms with Gasteiger partial charge in [0.05, 0.1) is 5.60 Å². The largest absolute Gasteiger partial charge is 0.374 e. The Balaban J connectivity index is 2.03. The standard InChI is InChI=1S/C18H35NO/c1-4-20-18(12-8-9-15(2)14-18)17(19-3)13-16-10-6-5-7-11-16/h15-17,19H,4-14H2,1-3H3. The van der Waals surface area contributed by atoms with E-state index >= 15 is 0 Å². The van der Waals surface area contributed by atoms with Crippen molar-refractivity contribution >= 4 is 0 Å². The Morgan fingerprint density at radius 1 is 1.15 bits per heavy atom. The fourth-order valence-corrected chi connectivity index (χ4v) is 4.73. The summed E-state index contributed by atoms with van der Waals surface area (Å²) in [6.07, 6.45) is 13.8. The molecule has 0 amide bonds. The number of ether oxygens (including phenoxy) is 1. The van der Waals surface area contributed by atoms with Gasteiger partial charge in [0.25, 0.3) is 0 Å². The van der Waals surface area contributed by atoms with Crippen molar-refractivity contribution in [3.63, 3.8) is 0 Å². The monoisotopic (exact) mass is 281 g/mol. The van der Waals surface area contributed by atoms with Crippen molar-refractivity contribution in [3.05, 3.63) is 0 Å². The van der Waals surface area contributed by atoms with Crippen LogP contribution in [-0.4, -0.2) is 25.3 Å². The van der Waals surface area contributed by atoms with Crippen LogP contribution in [0.1, 0.15) is 78.1 Å². The molecule has 20 heavy (non-hydrogen) atoms. The van der Waals surface area contributed by atoms with Crippen LogP contribution in [0.15, 0.2) is 0 Å². The molecule has 2 fully saturated rings. The maximum atomic E-state index is 6.37. The zero-order valence-electron chi connectivity index (χ0n) is 13.9. The van der Waals surface area contributed by atoms with Crippen LogP contribution in [0.25, 0.3) is 0 Å². The van der Waals surface area contributed by atoms with Gasteiger partial charge in [-0.25, -0.2) is 0 Å². The van der Waals surface area contributed by atoms with Crippen molar-refractivity contribution in [2.45, 2.75) is 89.7 Å². The number of hydrogen-bond donors (Lipinski definition) is 1. The Morgan fingerprint density at radius 2 is 1.90 bits per heavy atom. The van der Waals surface area contributed by atoms with Gasteiger partial charge < -0.3 is 10.1 Å². The fraction of sp³-hybridized carbons (Fsp3) is 1.00. The molecule has 0 spiro atoms. The molecule has 2 heteroatoms. The minimum atomic E-state index is 0.110. The average Bonchev–Trinajstić information content (AvgIpc) is 2.46. The summed E-state index contributed by atoms with van der Waals surface area (Å²) in [5, 5.41) is 3.64. The lowest BCUT2D eigenvalue weighted by atomic mass is 9.71. The van der Waals surface area contributed by atoms with Gasteiger partial charge in [-0.15, -0.1) is 0 Å². The second-order valence-corrected chi connectivity index (χ2v) is 7.28. The van der Waals surface area contributed by atoms with E-state index in [1.807, 2.05) is 0 Å². The van der Waals surface area contributed by atoms with Gasteiger partial charge in [-0.2, -0.15) is 0 Å². The van der Waals surface area contributed by atoms with E-state index in [0.29, 0.717) is 6.04 Å². The molecule has 3 atom stereocenters. The molecule has 3 unspecified atom stereocenters. The van der Waals surface area contributed by atoms with Crippen molar-refractivity contribution in [1.29, 1.82) is 0 Å². The summed E-state index contributed by atoms with van der Waals surface area (Å²) in [5.74, 6) is 1.74. The van der Waals surface area contributed by atoms with E-state index in [1.165, 1.54) is 64.2 Å². The topological polar surface area (TPSA) is 21.3 Å². The van der Waals surface area contributed by atoms with Crippen LogP contribution in [0.5, 0.6) is 0 Å². The molecule has 1 N–H and O–H groups in total. The van der Waals surface area contributed by atoms with Crippen molar-refractivity contribution in [3.8, 4) is 0 Å². The average molecular weight is 281 g/mol. The van der Waals surface area contributed by atoms with Crippen LogP contribution in [-0.2, 0) is 4.74 Å². The Bertz CT molecular complexity index is 271. The van der Waals surface area contributed by atoms with Gasteiger partial charge in [0.2, 0.25) is 0 Å². The minimum absolute atomic E-state index is 0.110. The Kier molecular flexibility index (Phi) is 6.35. The van der Waals surface area contributed by atoms with E-state index in [-0.39, 0.29) is 5.60 Å². The molecule has 0 aliphatic heterocycles. The van der Waals surface area contributed by atoms with Crippen molar-refractivity contribution in [2.24, 2.45) is 11.8 Å². The van der Waals surface area contributed by atoms with E-state index in [4.69, 9.17) is 4.74 Å². The molecule has 0 aromatic carbocycles. The molecular weight excluding hydrogens is 246 g/mol. The molecule has 0 heterocycles. The zero-order chi connectivity index (χ0) is 14.4. The second kappa shape index (κ2) is 7.79. The summed E-state index contributed by atoms with van der Waals surface area (Å²) in [6, 6.07) is 0.549. The minimum Gasteiger partial charge on any atom is -0.374 e. The van der Waals surface area contributed by atoms with Gasteiger partial charge in [0.1, 0.15) is 0 Å². The highest BCUT2D eigenvalue weighted by Gasteiger charge is 2.42. The highest BCUT2D eigenvalue weighted by atomic mass is 16.5. The molecule has 2 rings (SSSR count). The van der Waals surface area contributed by atoms with Gasteiger partial charge in [0.15, 0.2) is 0 Å². The number of likely N-dealkylation sites (N-methyl/N-ethyl adjacent to an activating group) is 1. The molecule has 2 aliphatic rings. The van der Waals surface area contributed by atoms with Gasteiger partial charge in [-0.3, -0.25) is 0 Å². The summed E-state index contributed by atoms with van der Waals surface area (Å²) in [7, 11) is 2.15. The molecule has 0 aromatic rings. The normalized spacial score (nSPS) is 34.0. The Morgan fingerprint density at radius 3 is 2.50 bits per heavy atom. The van der Waals surface area contributed by atoms with Gasteiger partial charge in [-0.05, 0) is 45.1 Å². The van der Waals surface area contributed by atoms with Gasteiger partial charge >= 0.3 is 0 Å². The van der Waals surface area contributed by atoms with Gasteiger partial charge in [0, 0.05) is 12.6 Å². The van der Waals surface area contributed by atoms with E-state index in [1.54, 1.807) is 0 Å². The quantitative estimate of drug-likeness (QED) is 0.772. The predicted molar refractivity (Wildman–Crippen MR) is 86.0 cm³/mol. The predicted octanol–water partition coefficient (Wildman–Crippen LogP) is 4.53. The summed E-state index contributed by atoms with van der Waals surface area (Å²) in [5.41, 5.74) is 0.110. The first-order chi connectivity index (χ1) is 9.70. The zero-order valence-corrected chi connectivity index (χ0v) is 13.9. The molecule has 118 valence electrons. The van der Waals surface area contributed by atoms with Crippen LogP contribution in [0.3, 0.4) is 0 Å². The molecule has 2 saturated carbocycles. The van der Waals surface area contributed by atoms with Crippen LogP contribution >= 0.6 is 0 Å². The summed E-state index contributed by atoms with van der Waals surface area (Å²) in [4.78, 5) is 0. The summed E-state index contributed by atoms with van der Waals surface area (Å²) in [6.45, 7) is 5.42. The van der Waals surface area contributed by atoms with Crippen molar-refractivity contribution < 1.29 is 4.74 Å². The number of rotatable bonds is 6. The molecule has 2 nitrogen and oxygen atoms in total. The van der Waals surface area contributed by atoms with Crippen LogP contribution < -0.4 is 5.32 Å². The van der Waals surface area contributed by atoms with E-state index in [0.717, 1.165) is 18.4 Å². The van der Waals surface area contributed by atoms with E-state index < -0.39 is 0 Å². The molecule has 0 saturated heterocycles. The highest BCUT2D eigenvalue weighted by molar-refractivity contribution is 4.97. The van der Waals surface area contributed by atoms with E-state index in [9.17, 15) is 0 Å². The van der Waals surface area contributed by atoms with Crippen LogP contribution in [0, 0.1) is 11.8 Å². The number of nitrogens with one attached hydrogen (secondary N) is 1. The highest BCUT2D eigenvalue weighted by Crippen LogP contribution is 2.40.